The summed E-state index contributed by atoms with van der Waals surface area (Å²) in [6, 6.07) is 25.5. The first-order chi connectivity index (χ1) is 12.9. The maximum atomic E-state index is 13.4. The molecule has 0 fully saturated rings. The van der Waals surface area contributed by atoms with Crippen LogP contribution >= 0.6 is 0 Å². The van der Waals surface area contributed by atoms with E-state index in [1.165, 1.54) is 5.56 Å². The van der Waals surface area contributed by atoms with E-state index in [-0.39, 0.29) is 11.2 Å². The van der Waals surface area contributed by atoms with Crippen molar-refractivity contribution in [1.82, 2.24) is 9.78 Å². The lowest BCUT2D eigenvalue weighted by molar-refractivity contribution is 0.103. The lowest BCUT2D eigenvalue weighted by atomic mass is 9.86. The average Bonchev–Trinajstić information content (AvgIpc) is 3.07. The highest BCUT2D eigenvalue weighted by molar-refractivity contribution is 6.15. The molecule has 0 saturated carbocycles. The number of hydrogen-bond donors (Lipinski definition) is 0. The number of aromatic nitrogens is 2. The Hall–Kier alpha value is -3.20. The topological polar surface area (TPSA) is 34.9 Å². The number of hydrogen-bond acceptors (Lipinski definition) is 2. The molecule has 0 saturated heterocycles. The van der Waals surface area contributed by atoms with Gasteiger partial charge in [0.2, 0.25) is 5.78 Å². The Morgan fingerprint density at radius 2 is 1.44 bits per heavy atom. The Labute approximate surface area is 159 Å². The van der Waals surface area contributed by atoms with Crippen LogP contribution in [-0.4, -0.2) is 15.6 Å². The molecule has 0 unspecified atom stereocenters. The van der Waals surface area contributed by atoms with E-state index in [9.17, 15) is 4.79 Å². The molecule has 1 heterocycles. The second-order valence-corrected chi connectivity index (χ2v) is 7.77. The number of carbonyl (C=O) groups is 1. The predicted molar refractivity (Wildman–Crippen MR) is 110 cm³/mol. The smallest absolute Gasteiger partial charge is 0.212 e. The molecule has 0 radical (unpaired) electrons. The molecule has 1 aromatic heterocycles. The van der Waals surface area contributed by atoms with E-state index in [1.54, 1.807) is 4.68 Å². The van der Waals surface area contributed by atoms with Gasteiger partial charge in [-0.1, -0.05) is 81.4 Å². The molecule has 0 amide bonds. The summed E-state index contributed by atoms with van der Waals surface area (Å²) in [6.45, 7) is 6.51. The van der Waals surface area contributed by atoms with Crippen molar-refractivity contribution in [2.75, 3.05) is 0 Å². The Bertz CT molecular complexity index is 1100. The highest BCUT2D eigenvalue weighted by atomic mass is 16.1. The highest BCUT2D eigenvalue weighted by Crippen LogP contribution is 2.26. The number of fused-ring (bicyclic) bond motifs is 1. The first kappa shape index (κ1) is 17.2. The standard InChI is InChI=1S/C24H22N2O/c1-24(2,3)18-15-13-17(14-16-18)23(27)22-20-11-7-8-12-21(20)25-26(22)19-9-5-4-6-10-19/h4-16H,1-3H3. The zero-order valence-electron chi connectivity index (χ0n) is 15.8. The van der Waals surface area contributed by atoms with Crippen molar-refractivity contribution in [2.45, 2.75) is 26.2 Å². The van der Waals surface area contributed by atoms with Gasteiger partial charge in [-0.25, -0.2) is 4.68 Å². The molecule has 4 rings (SSSR count). The first-order valence-electron chi connectivity index (χ1n) is 9.13. The Kier molecular flexibility index (Phi) is 4.15. The van der Waals surface area contributed by atoms with E-state index in [0.29, 0.717) is 11.3 Å². The zero-order valence-corrected chi connectivity index (χ0v) is 15.8. The van der Waals surface area contributed by atoms with Crippen molar-refractivity contribution in [3.8, 4) is 5.69 Å². The van der Waals surface area contributed by atoms with Gasteiger partial charge in [-0.15, -0.1) is 0 Å². The summed E-state index contributed by atoms with van der Waals surface area (Å²) in [6.07, 6.45) is 0. The van der Waals surface area contributed by atoms with Crippen molar-refractivity contribution >= 4 is 16.7 Å². The van der Waals surface area contributed by atoms with Gasteiger partial charge in [0.25, 0.3) is 0 Å². The molecule has 0 aliphatic carbocycles. The normalized spacial score (nSPS) is 11.7. The fraction of sp³-hybridized carbons (Fsp3) is 0.167. The quantitative estimate of drug-likeness (QED) is 0.452. The Morgan fingerprint density at radius 3 is 2.11 bits per heavy atom. The van der Waals surface area contributed by atoms with Crippen molar-refractivity contribution < 1.29 is 4.79 Å². The maximum Gasteiger partial charge on any atom is 0.212 e. The second-order valence-electron chi connectivity index (χ2n) is 7.77. The molecule has 3 aromatic carbocycles. The average molecular weight is 354 g/mol. The fourth-order valence-corrected chi connectivity index (χ4v) is 3.27. The van der Waals surface area contributed by atoms with Crippen LogP contribution in [0.5, 0.6) is 0 Å². The highest BCUT2D eigenvalue weighted by Gasteiger charge is 2.21. The minimum atomic E-state index is -0.0204. The largest absolute Gasteiger partial charge is 0.287 e. The van der Waals surface area contributed by atoms with E-state index in [1.807, 2.05) is 78.9 Å². The van der Waals surface area contributed by atoms with Gasteiger partial charge in [0.15, 0.2) is 0 Å². The number of benzene rings is 3. The minimum Gasteiger partial charge on any atom is -0.287 e. The van der Waals surface area contributed by atoms with E-state index in [2.05, 4.69) is 25.9 Å². The van der Waals surface area contributed by atoms with Crippen LogP contribution in [0.2, 0.25) is 0 Å². The molecule has 0 aliphatic rings. The monoisotopic (exact) mass is 354 g/mol. The summed E-state index contributed by atoms with van der Waals surface area (Å²) in [5, 5.41) is 5.55. The molecule has 0 spiro atoms. The van der Waals surface area contributed by atoms with E-state index < -0.39 is 0 Å². The van der Waals surface area contributed by atoms with Gasteiger partial charge in [0, 0.05) is 10.9 Å². The number of carbonyl (C=O) groups excluding carboxylic acids is 1. The van der Waals surface area contributed by atoms with Crippen LogP contribution in [0.4, 0.5) is 0 Å². The van der Waals surface area contributed by atoms with E-state index in [4.69, 9.17) is 0 Å². The SMILES string of the molecule is CC(C)(C)c1ccc(C(=O)c2c3ccccc3nn2-c2ccccc2)cc1. The van der Waals surface area contributed by atoms with Gasteiger partial charge in [0.05, 0.1) is 11.2 Å². The van der Waals surface area contributed by atoms with Gasteiger partial charge < -0.3 is 0 Å². The molecular formula is C24H22N2O. The summed E-state index contributed by atoms with van der Waals surface area (Å²) in [7, 11) is 0. The molecule has 0 atom stereocenters. The molecule has 3 nitrogen and oxygen atoms in total. The summed E-state index contributed by atoms with van der Waals surface area (Å²) >= 11 is 0. The maximum absolute atomic E-state index is 13.4. The van der Waals surface area contributed by atoms with Crippen molar-refractivity contribution in [3.05, 3.63) is 95.7 Å². The van der Waals surface area contributed by atoms with Crippen molar-refractivity contribution in [2.24, 2.45) is 0 Å². The minimum absolute atomic E-state index is 0.0204. The van der Waals surface area contributed by atoms with Gasteiger partial charge in [-0.05, 0) is 29.2 Å². The van der Waals surface area contributed by atoms with Crippen LogP contribution in [0, 0.1) is 0 Å². The third-order valence-corrected chi connectivity index (χ3v) is 4.81. The molecule has 0 N–H and O–H groups in total. The third-order valence-electron chi connectivity index (χ3n) is 4.81. The lowest BCUT2D eigenvalue weighted by Gasteiger charge is -2.19. The van der Waals surface area contributed by atoms with Gasteiger partial charge in [-0.2, -0.15) is 5.10 Å². The van der Waals surface area contributed by atoms with Crippen molar-refractivity contribution in [1.29, 1.82) is 0 Å². The van der Waals surface area contributed by atoms with Crippen LogP contribution in [-0.2, 0) is 5.41 Å². The summed E-state index contributed by atoms with van der Waals surface area (Å²) in [5.74, 6) is -0.0204. The summed E-state index contributed by atoms with van der Waals surface area (Å²) in [4.78, 5) is 13.4. The van der Waals surface area contributed by atoms with Gasteiger partial charge in [0.1, 0.15) is 5.69 Å². The van der Waals surface area contributed by atoms with E-state index >= 15 is 0 Å². The molecule has 4 aromatic rings. The Morgan fingerprint density at radius 1 is 0.815 bits per heavy atom. The number of nitrogens with zero attached hydrogens (tertiary/aromatic N) is 2. The third kappa shape index (κ3) is 3.17. The number of ketones is 1. The van der Waals surface area contributed by atoms with Crippen LogP contribution < -0.4 is 0 Å². The fourth-order valence-electron chi connectivity index (χ4n) is 3.27. The second kappa shape index (κ2) is 6.51. The van der Waals surface area contributed by atoms with Gasteiger partial charge >= 0.3 is 0 Å². The number of para-hydroxylation sites is 1. The van der Waals surface area contributed by atoms with Crippen molar-refractivity contribution in [3.63, 3.8) is 0 Å². The summed E-state index contributed by atoms with van der Waals surface area (Å²) < 4.78 is 1.75. The molecule has 0 aliphatic heterocycles. The number of rotatable bonds is 3. The van der Waals surface area contributed by atoms with Crippen LogP contribution in [0.3, 0.4) is 0 Å². The Balaban J connectivity index is 1.86. The first-order valence-corrected chi connectivity index (χ1v) is 9.13. The predicted octanol–water partition coefficient (Wildman–Crippen LogP) is 5.55. The van der Waals surface area contributed by atoms with Crippen LogP contribution in [0.25, 0.3) is 16.6 Å². The molecule has 3 heteroatoms. The molecular weight excluding hydrogens is 332 g/mol. The van der Waals surface area contributed by atoms with Crippen LogP contribution in [0.1, 0.15) is 42.4 Å². The van der Waals surface area contributed by atoms with Crippen LogP contribution in [0.15, 0.2) is 78.9 Å². The van der Waals surface area contributed by atoms with Gasteiger partial charge in [-0.3, -0.25) is 4.79 Å². The molecule has 134 valence electrons. The molecule has 27 heavy (non-hydrogen) atoms. The zero-order chi connectivity index (χ0) is 19.0. The summed E-state index contributed by atoms with van der Waals surface area (Å²) in [5.41, 5.74) is 4.23. The van der Waals surface area contributed by atoms with E-state index in [0.717, 1.165) is 16.6 Å². The lowest BCUT2D eigenvalue weighted by Crippen LogP contribution is -2.13. The molecule has 0 bridgehead atoms.